The number of hydrogen-bond donors (Lipinski definition) is 1. The van der Waals surface area contributed by atoms with Crippen molar-refractivity contribution in [2.45, 2.75) is 24.7 Å². The second-order valence-corrected chi connectivity index (χ2v) is 4.63. The van der Waals surface area contributed by atoms with Crippen LogP contribution in [0.5, 0.6) is 0 Å². The van der Waals surface area contributed by atoms with Crippen LogP contribution in [-0.4, -0.2) is 29.1 Å². The van der Waals surface area contributed by atoms with Gasteiger partial charge in [-0.05, 0) is 30.9 Å². The molecular weight excluding hydrogens is 275 g/mol. The first-order chi connectivity index (χ1) is 7.72. The lowest BCUT2D eigenvalue weighted by atomic mass is 9.98. The van der Waals surface area contributed by atoms with Gasteiger partial charge in [0.15, 0.2) is 0 Å². The van der Waals surface area contributed by atoms with Gasteiger partial charge in [-0.15, -0.1) is 24.8 Å². The van der Waals surface area contributed by atoms with Crippen LogP contribution in [0.15, 0.2) is 18.3 Å². The first-order valence-electron chi connectivity index (χ1n) is 5.67. The molecule has 0 atom stereocenters. The zero-order valence-electron chi connectivity index (χ0n) is 9.83. The summed E-state index contributed by atoms with van der Waals surface area (Å²) in [6.45, 7) is 2.13. The number of nitrogens with zero attached hydrogens (tertiary/aromatic N) is 2. The van der Waals surface area contributed by atoms with Crippen molar-refractivity contribution in [1.82, 2.24) is 4.98 Å². The molecule has 6 heteroatoms. The van der Waals surface area contributed by atoms with E-state index in [4.69, 9.17) is 5.11 Å². The molecule has 100 valence electrons. The summed E-state index contributed by atoms with van der Waals surface area (Å²) in [5, 5.41) is 9.15. The molecule has 2 heterocycles. The Bertz CT molecular complexity index is 428. The predicted octanol–water partition coefficient (Wildman–Crippen LogP) is 2.25. The molecule has 1 aliphatic heterocycles. The Balaban J connectivity index is 0.000000810. The number of carboxylic acids is 1. The van der Waals surface area contributed by atoms with Crippen molar-refractivity contribution in [3.63, 3.8) is 0 Å². The van der Waals surface area contributed by atoms with Crippen LogP contribution in [-0.2, 0) is 10.2 Å². The third-order valence-corrected chi connectivity index (χ3v) is 3.64. The van der Waals surface area contributed by atoms with Gasteiger partial charge in [0.25, 0.3) is 0 Å². The van der Waals surface area contributed by atoms with Gasteiger partial charge in [-0.25, -0.2) is 4.98 Å². The third kappa shape index (κ3) is 2.27. The zero-order valence-corrected chi connectivity index (χ0v) is 11.5. The molecule has 1 N–H and O–H groups in total. The molecule has 0 radical (unpaired) electrons. The second-order valence-electron chi connectivity index (χ2n) is 4.63. The number of aliphatic carboxylic acids is 1. The van der Waals surface area contributed by atoms with Gasteiger partial charge < -0.3 is 10.0 Å². The third-order valence-electron chi connectivity index (χ3n) is 3.64. The van der Waals surface area contributed by atoms with E-state index < -0.39 is 11.4 Å². The molecule has 2 aliphatic rings. The monoisotopic (exact) mass is 290 g/mol. The van der Waals surface area contributed by atoms with Crippen molar-refractivity contribution in [2.75, 3.05) is 18.0 Å². The zero-order chi connectivity index (χ0) is 11.2. The van der Waals surface area contributed by atoms with E-state index in [2.05, 4.69) is 9.88 Å². The average molecular weight is 291 g/mol. The topological polar surface area (TPSA) is 53.4 Å². The summed E-state index contributed by atoms with van der Waals surface area (Å²) < 4.78 is 0. The van der Waals surface area contributed by atoms with Crippen LogP contribution in [0.4, 0.5) is 5.82 Å². The van der Waals surface area contributed by atoms with Crippen LogP contribution in [0.1, 0.15) is 24.8 Å². The van der Waals surface area contributed by atoms with Gasteiger partial charge in [-0.2, -0.15) is 0 Å². The first kappa shape index (κ1) is 15.1. The summed E-state index contributed by atoms with van der Waals surface area (Å²) in [6.07, 6.45) is 4.44. The number of halogens is 2. The van der Waals surface area contributed by atoms with Gasteiger partial charge in [0.05, 0.1) is 5.41 Å². The minimum atomic E-state index is -0.717. The molecule has 1 aromatic rings. The average Bonchev–Trinajstić information content (AvgIpc) is 2.97. The maximum atomic E-state index is 11.1. The molecule has 0 unspecified atom stereocenters. The summed E-state index contributed by atoms with van der Waals surface area (Å²) in [5.41, 5.74) is 0.227. The van der Waals surface area contributed by atoms with Crippen LogP contribution in [0.25, 0.3) is 0 Å². The van der Waals surface area contributed by atoms with Crippen LogP contribution in [0.2, 0.25) is 0 Å². The van der Waals surface area contributed by atoms with E-state index in [1.54, 1.807) is 6.20 Å². The van der Waals surface area contributed by atoms with Gasteiger partial charge in [0.2, 0.25) is 0 Å². The summed E-state index contributed by atoms with van der Waals surface area (Å²) in [4.78, 5) is 17.7. The number of carboxylic acid groups (broad SMARTS) is 1. The fourth-order valence-electron chi connectivity index (χ4n) is 2.15. The Morgan fingerprint density at radius 1 is 1.28 bits per heavy atom. The number of rotatable bonds is 3. The van der Waals surface area contributed by atoms with E-state index in [9.17, 15) is 4.79 Å². The minimum Gasteiger partial charge on any atom is -0.481 e. The maximum absolute atomic E-state index is 11.1. The summed E-state index contributed by atoms with van der Waals surface area (Å²) >= 11 is 0. The molecule has 0 aromatic carbocycles. The Morgan fingerprint density at radius 3 is 2.28 bits per heavy atom. The summed E-state index contributed by atoms with van der Waals surface area (Å²) in [7, 11) is 0. The van der Waals surface area contributed by atoms with Crippen LogP contribution in [0.3, 0.4) is 0 Å². The fourth-order valence-corrected chi connectivity index (χ4v) is 2.15. The van der Waals surface area contributed by atoms with Gasteiger partial charge in [0.1, 0.15) is 5.82 Å². The van der Waals surface area contributed by atoms with Gasteiger partial charge >= 0.3 is 5.97 Å². The van der Waals surface area contributed by atoms with Crippen molar-refractivity contribution in [3.05, 3.63) is 23.9 Å². The number of aromatic nitrogens is 1. The van der Waals surface area contributed by atoms with Crippen LogP contribution in [0, 0.1) is 0 Å². The SMILES string of the molecule is Cl.Cl.O=C(O)C1(c2ccc(N3CCC3)nc2)CC1. The Hall–Kier alpha value is -1.00. The molecule has 4 nitrogen and oxygen atoms in total. The lowest BCUT2D eigenvalue weighted by Gasteiger charge is -2.32. The quantitative estimate of drug-likeness (QED) is 0.928. The van der Waals surface area contributed by atoms with E-state index >= 15 is 0 Å². The van der Waals surface area contributed by atoms with E-state index in [-0.39, 0.29) is 24.8 Å². The lowest BCUT2D eigenvalue weighted by molar-refractivity contribution is -0.140. The highest BCUT2D eigenvalue weighted by atomic mass is 35.5. The Kier molecular flexibility index (Phi) is 4.46. The summed E-state index contributed by atoms with van der Waals surface area (Å²) in [6, 6.07) is 3.86. The smallest absolute Gasteiger partial charge is 0.314 e. The first-order valence-corrected chi connectivity index (χ1v) is 5.67. The normalized spacial score (nSPS) is 19.0. The van der Waals surface area contributed by atoms with Crippen molar-refractivity contribution < 1.29 is 9.90 Å². The predicted molar refractivity (Wildman–Crippen MR) is 74.1 cm³/mol. The molecule has 1 aromatic heterocycles. The molecular formula is C12H16Cl2N2O2. The maximum Gasteiger partial charge on any atom is 0.314 e. The Morgan fingerprint density at radius 2 is 1.94 bits per heavy atom. The van der Waals surface area contributed by atoms with Crippen molar-refractivity contribution in [2.24, 2.45) is 0 Å². The van der Waals surface area contributed by atoms with E-state index in [1.807, 2.05) is 12.1 Å². The van der Waals surface area contributed by atoms with Gasteiger partial charge in [0, 0.05) is 19.3 Å². The van der Waals surface area contributed by atoms with Crippen LogP contribution >= 0.6 is 24.8 Å². The van der Waals surface area contributed by atoms with Crippen molar-refractivity contribution in [1.29, 1.82) is 0 Å². The molecule has 3 rings (SSSR count). The van der Waals surface area contributed by atoms with E-state index in [1.165, 1.54) is 6.42 Å². The number of anilines is 1. The molecule has 0 bridgehead atoms. The molecule has 1 saturated carbocycles. The van der Waals surface area contributed by atoms with Crippen molar-refractivity contribution >= 4 is 36.6 Å². The number of carbonyl (C=O) groups is 1. The molecule has 1 saturated heterocycles. The molecule has 0 amide bonds. The number of hydrogen-bond acceptors (Lipinski definition) is 3. The van der Waals surface area contributed by atoms with E-state index in [0.717, 1.165) is 37.3 Å². The van der Waals surface area contributed by atoms with E-state index in [0.29, 0.717) is 0 Å². The Labute approximate surface area is 118 Å². The largest absolute Gasteiger partial charge is 0.481 e. The highest BCUT2D eigenvalue weighted by molar-refractivity contribution is 5.86. The molecule has 0 spiro atoms. The van der Waals surface area contributed by atoms with Gasteiger partial charge in [-0.3, -0.25) is 4.79 Å². The fraction of sp³-hybridized carbons (Fsp3) is 0.500. The molecule has 18 heavy (non-hydrogen) atoms. The minimum absolute atomic E-state index is 0. The van der Waals surface area contributed by atoms with Crippen LogP contribution < -0.4 is 4.90 Å². The second kappa shape index (κ2) is 5.33. The highest BCUT2D eigenvalue weighted by Gasteiger charge is 2.51. The van der Waals surface area contributed by atoms with Gasteiger partial charge in [-0.1, -0.05) is 6.07 Å². The van der Waals surface area contributed by atoms with Crippen molar-refractivity contribution in [3.8, 4) is 0 Å². The summed E-state index contributed by atoms with van der Waals surface area (Å²) in [5.74, 6) is 0.252. The molecule has 2 fully saturated rings. The molecule has 1 aliphatic carbocycles. The number of pyridine rings is 1. The lowest BCUT2D eigenvalue weighted by Crippen LogP contribution is -2.37. The standard InChI is InChI=1S/C12H14N2O2.2ClH/c15-11(16)12(4-5-12)9-2-3-10(13-8-9)14-6-1-7-14;;/h2-3,8H,1,4-7H2,(H,15,16);2*1H. The highest BCUT2D eigenvalue weighted by Crippen LogP contribution is 2.48.